The van der Waals surface area contributed by atoms with Crippen LogP contribution in [0.1, 0.15) is 88.0 Å². The molecule has 40 heteroatoms. The Hall–Kier alpha value is -8.74. The molecule has 2 saturated heterocycles. The Morgan fingerprint density at radius 2 is 1.22 bits per heavy atom. The maximum absolute atomic E-state index is 13.2. The van der Waals surface area contributed by atoms with Crippen LogP contribution in [0.2, 0.25) is 0 Å². The molecule has 6 atom stereocenters. The van der Waals surface area contributed by atoms with E-state index in [0.717, 1.165) is 66.0 Å². The molecule has 4 aliphatic rings. The minimum absolute atomic E-state index is 0.0576. The predicted molar refractivity (Wildman–Crippen MR) is 319 cm³/mol. The van der Waals surface area contributed by atoms with E-state index < -0.39 is 116 Å². The molecule has 36 nitrogen and oxygen atoms in total. The number of rotatable bonds is 29. The highest BCUT2D eigenvalue weighted by Crippen LogP contribution is 2.35. The summed E-state index contributed by atoms with van der Waals surface area (Å²) in [4.78, 5) is 102. The summed E-state index contributed by atoms with van der Waals surface area (Å²) in [7, 11) is -10.0. The van der Waals surface area contributed by atoms with Crippen molar-refractivity contribution in [1.29, 1.82) is 0 Å². The number of hydroxylamine groups is 4. The molecule has 2 aromatic heterocycles. The molecule has 2 unspecified atom stereocenters. The number of carboxylic acids is 2. The van der Waals surface area contributed by atoms with Gasteiger partial charge in [-0.15, -0.1) is 31.2 Å². The van der Waals surface area contributed by atoms with Gasteiger partial charge in [0.05, 0.1) is 23.7 Å². The second-order valence-corrected chi connectivity index (χ2v) is 24.6. The van der Waals surface area contributed by atoms with Crippen LogP contribution in [0.3, 0.4) is 0 Å². The first kappa shape index (κ1) is 68.7. The van der Waals surface area contributed by atoms with E-state index in [1.54, 1.807) is 48.5 Å². The number of carbonyl (C=O) groups excluding carboxylic acids is 4. The van der Waals surface area contributed by atoms with Crippen LogP contribution in [-0.4, -0.2) is 190 Å². The van der Waals surface area contributed by atoms with E-state index in [1.807, 2.05) is 0 Å². The van der Waals surface area contributed by atoms with Crippen molar-refractivity contribution in [2.75, 3.05) is 50.9 Å². The van der Waals surface area contributed by atoms with Gasteiger partial charge in [0.2, 0.25) is 0 Å². The highest BCUT2D eigenvalue weighted by Gasteiger charge is 2.59. The fraction of sp³-hybridized carbons (Fsp3) is 0.440. The Bertz CT molecular complexity index is 3660. The lowest BCUT2D eigenvalue weighted by molar-refractivity contribution is -0.218. The number of benzene rings is 2. The topological polar surface area (TPSA) is 541 Å². The number of nitrogens with one attached hydrogen (secondary N) is 4. The van der Waals surface area contributed by atoms with Gasteiger partial charge in [0, 0.05) is 42.1 Å². The number of nitrogens with zero attached hydrogens (tertiary/aromatic N) is 8. The van der Waals surface area contributed by atoms with E-state index in [0.29, 0.717) is 47.2 Å². The number of nitrogens with two attached hydrogens (primary N) is 4. The molecule has 0 saturated carbocycles. The summed E-state index contributed by atoms with van der Waals surface area (Å²) < 4.78 is 81.9. The lowest BCUT2D eigenvalue weighted by atomic mass is 9.84. The third-order valence-electron chi connectivity index (χ3n) is 13.6. The molecule has 0 radical (unpaired) electrons. The number of aliphatic carboxylic acids is 2. The predicted octanol–water partition coefficient (Wildman–Crippen LogP) is -0.800. The van der Waals surface area contributed by atoms with E-state index in [-0.39, 0.29) is 33.7 Å². The van der Waals surface area contributed by atoms with Gasteiger partial charge in [-0.05, 0) is 88.8 Å². The smallest absolute Gasteiger partial charge is 0.418 e. The van der Waals surface area contributed by atoms with Crippen LogP contribution in [0, 0.1) is 0 Å². The number of nitrogen functional groups attached to an aromatic ring is 2. The third kappa shape index (κ3) is 18.0. The third-order valence-corrected chi connectivity index (χ3v) is 15.6. The normalized spacial score (nSPS) is 19.7. The van der Waals surface area contributed by atoms with Crippen LogP contribution in [0.4, 0.5) is 10.3 Å². The lowest BCUT2D eigenvalue weighted by Gasteiger charge is -2.50. The zero-order valence-corrected chi connectivity index (χ0v) is 51.4. The van der Waals surface area contributed by atoms with Gasteiger partial charge in [-0.3, -0.25) is 38.3 Å². The molecule has 488 valence electrons. The summed E-state index contributed by atoms with van der Waals surface area (Å²) in [5, 5.41) is 41.4. The summed E-state index contributed by atoms with van der Waals surface area (Å²) in [5.74, 6) is -5.59. The van der Waals surface area contributed by atoms with E-state index in [2.05, 4.69) is 60.1 Å². The molecule has 0 bridgehead atoms. The van der Waals surface area contributed by atoms with Crippen LogP contribution in [0.25, 0.3) is 0 Å². The maximum Gasteiger partial charge on any atom is 0.418 e. The Labute approximate surface area is 520 Å². The largest absolute Gasteiger partial charge is 0.489 e. The molecule has 4 amide bonds. The number of anilines is 2. The number of hydrogen-bond acceptors (Lipinski definition) is 30. The fourth-order valence-corrected chi connectivity index (χ4v) is 10.7. The zero-order chi connectivity index (χ0) is 65.9. The van der Waals surface area contributed by atoms with Gasteiger partial charge in [-0.25, -0.2) is 19.6 Å². The lowest BCUT2D eigenvalue weighted by Crippen LogP contribution is -2.76. The summed E-state index contributed by atoms with van der Waals surface area (Å²) in [5.41, 5.74) is 22.1. The fourth-order valence-electron chi connectivity index (χ4n) is 8.74. The first-order valence-corrected chi connectivity index (χ1v) is 31.3. The average molecular weight is 1340 g/mol. The first-order chi connectivity index (χ1) is 42.3. The molecule has 90 heavy (non-hydrogen) atoms. The van der Waals surface area contributed by atoms with Crippen LogP contribution in [0.15, 0.2) is 79.6 Å². The van der Waals surface area contributed by atoms with Crippen molar-refractivity contribution >= 4 is 112 Å². The Morgan fingerprint density at radius 1 is 0.756 bits per heavy atom. The van der Waals surface area contributed by atoms with Crippen molar-refractivity contribution in [3.05, 3.63) is 81.8 Å². The van der Waals surface area contributed by atoms with Crippen LogP contribution < -0.4 is 53.7 Å². The molecule has 2 aromatic carbocycles. The number of aliphatic imine (C=N–C) groups is 2. The van der Waals surface area contributed by atoms with E-state index in [9.17, 15) is 55.8 Å². The number of ether oxygens (including phenoxy) is 2. The molecule has 2 fully saturated rings. The molecular formula is C50H64N16O20S4. The van der Waals surface area contributed by atoms with Crippen molar-refractivity contribution in [3.63, 3.8) is 0 Å². The highest BCUT2D eigenvalue weighted by atomic mass is 32.3. The quantitative estimate of drug-likeness (QED) is 0.0137. The maximum atomic E-state index is 13.2. The minimum atomic E-state index is -5.01. The molecule has 0 spiro atoms. The van der Waals surface area contributed by atoms with Crippen molar-refractivity contribution in [3.8, 4) is 11.5 Å². The monoisotopic (exact) mass is 1340 g/mol. The number of amides is 4. The standard InChI is InChI=1S/C26H33N7O10S2.C24H31N9O10S2/c1-26(2)21(23(35)33(26)43-45(38,39)40)31-22(34)20(18-13-44-25(28)30-18)32-42-19(24(36)37)12-41-16-8-5-14(6-9-16)17(27)10-7-15-4-3-11-29-15;1-24(2)18(20(35)33(24)43-45(38,39)40)31-19(34)17(15-11-44-22(26)29-15)32-42-16(21(36)37)10-41-13-5-3-12(4-6-13)14-9-28-23(30-14)27-8-7-25/h5-6,8-9,13,17,19,21H,3-4,7,10-12,27H2,1-2H3,(H2,28,30)(H,31,34)(H,36,37)(H,38,39,40);3-6,11,14,16,18H,7-10,25H2,1-2H3,(H2,26,29)(H,31,34)(H,36,37)(H2,27,28,30)(H,38,39,40)/b32-20-;32-17-/t17?,19-,21+;14?,16-,18+/m00/s1. The molecule has 6 heterocycles. The molecule has 0 aliphatic carbocycles. The number of carboxylic acid groups (broad SMARTS) is 2. The Balaban J connectivity index is 0.000000256. The van der Waals surface area contributed by atoms with E-state index >= 15 is 0 Å². The number of carbonyl (C=O) groups is 6. The minimum Gasteiger partial charge on any atom is -0.489 e. The number of thiazole rings is 2. The van der Waals surface area contributed by atoms with Gasteiger partial charge in [0.15, 0.2) is 27.6 Å². The van der Waals surface area contributed by atoms with Crippen molar-refractivity contribution in [2.24, 2.45) is 31.8 Å². The summed E-state index contributed by atoms with van der Waals surface area (Å²) in [6.07, 6.45) is 0.319. The molecule has 16 N–H and O–H groups in total. The van der Waals surface area contributed by atoms with Crippen LogP contribution in [-0.2, 0) is 67.8 Å². The van der Waals surface area contributed by atoms with Gasteiger partial charge in [0.1, 0.15) is 48.2 Å². The Morgan fingerprint density at radius 3 is 1.61 bits per heavy atom. The van der Waals surface area contributed by atoms with E-state index in [4.69, 9.17) is 51.2 Å². The van der Waals surface area contributed by atoms with Crippen LogP contribution in [0.5, 0.6) is 11.5 Å². The van der Waals surface area contributed by atoms with Crippen molar-refractivity contribution in [2.45, 2.75) is 101 Å². The summed E-state index contributed by atoms with van der Waals surface area (Å²) >= 11 is 1.92. The molecule has 4 aliphatic heterocycles. The number of aromatic nitrogens is 2. The second-order valence-electron chi connectivity index (χ2n) is 20.8. The second kappa shape index (κ2) is 29.3. The van der Waals surface area contributed by atoms with E-state index in [1.165, 1.54) is 44.2 Å². The first-order valence-electron chi connectivity index (χ1n) is 26.8. The van der Waals surface area contributed by atoms with Crippen molar-refractivity contribution < 1.29 is 92.6 Å². The molecule has 4 aromatic rings. The van der Waals surface area contributed by atoms with Gasteiger partial charge >= 0.3 is 32.7 Å². The van der Waals surface area contributed by atoms with Crippen LogP contribution >= 0.6 is 22.7 Å². The average Bonchev–Trinajstić information content (AvgIpc) is 1.48. The zero-order valence-electron chi connectivity index (χ0n) is 48.1. The molecule has 8 rings (SSSR count). The Kier molecular flexibility index (Phi) is 22.4. The number of guanidine groups is 1. The number of β-lactam (4-membered cyclic amide) rings is 2. The highest BCUT2D eigenvalue weighted by molar-refractivity contribution is 7.81. The van der Waals surface area contributed by atoms with Gasteiger partial charge in [-0.1, -0.05) is 34.6 Å². The number of oxime groups is 2. The van der Waals surface area contributed by atoms with Gasteiger partial charge < -0.3 is 73.6 Å². The van der Waals surface area contributed by atoms with Gasteiger partial charge in [0.25, 0.3) is 35.8 Å². The summed E-state index contributed by atoms with van der Waals surface area (Å²) in [6, 6.07) is 10.8. The SMILES string of the molecule is CC1(C)[C@H](NC(=O)/C(=N\O[C@@H](COc2ccc(C(N)CCC3=NCCC3)cc2)C(=O)O)c2csc(N)n2)C(=O)N1OS(=O)(=O)O.CC1(C)[C@H](NC(=O)/C(=N\O[C@@H](COc2ccc(C3CN=C(NCCN)N3)cc2)C(=O)O)c2csc(N)n2)C(=O)N1OS(=O)(=O)O. The number of hydrogen-bond donors (Lipinski definition) is 12. The van der Waals surface area contributed by atoms with Gasteiger partial charge in [-0.2, -0.15) is 27.0 Å². The molecular weight excluding hydrogens is 1270 g/mol. The summed E-state index contributed by atoms with van der Waals surface area (Å²) in [6.45, 7) is 6.89. The van der Waals surface area contributed by atoms with Crippen molar-refractivity contribution in [1.82, 2.24) is 41.4 Å².